The molecule has 1 saturated heterocycles. The first-order valence-electron chi connectivity index (χ1n) is 5.39. The lowest BCUT2D eigenvalue weighted by Crippen LogP contribution is -2.60. The average Bonchev–Trinajstić information content (AvgIpc) is 2.91. The van der Waals surface area contributed by atoms with Gasteiger partial charge in [0.25, 0.3) is 6.29 Å². The lowest BCUT2D eigenvalue weighted by molar-refractivity contribution is -0.294. The van der Waals surface area contributed by atoms with Crippen molar-refractivity contribution in [2.24, 2.45) is 5.16 Å². The highest BCUT2D eigenvalue weighted by Gasteiger charge is 2.48. The highest BCUT2D eigenvalue weighted by Crippen LogP contribution is 2.22. The first-order chi connectivity index (χ1) is 9.50. The molecule has 1 fully saturated rings. The molecule has 0 aromatic carbocycles. The number of aliphatic carboxylic acids is 1. The van der Waals surface area contributed by atoms with Crippen LogP contribution >= 0.6 is 11.5 Å². The third-order valence-electron chi connectivity index (χ3n) is 2.54. The summed E-state index contributed by atoms with van der Waals surface area (Å²) in [7, 11) is 0. The number of oxime groups is 1. The Kier molecular flexibility index (Phi) is 4.57. The second-order valence-corrected chi connectivity index (χ2v) is 4.71. The number of rotatable bonds is 4. The molecule has 5 atom stereocenters. The summed E-state index contributed by atoms with van der Waals surface area (Å²) in [5.74, 6) is -1.49. The van der Waals surface area contributed by atoms with Gasteiger partial charge in [0, 0.05) is 0 Å². The summed E-state index contributed by atoms with van der Waals surface area (Å²) in [4.78, 5) is 16.2. The average molecular weight is 305 g/mol. The monoisotopic (exact) mass is 305 g/mol. The summed E-state index contributed by atoms with van der Waals surface area (Å²) in [6.07, 6.45) is -5.74. The molecule has 20 heavy (non-hydrogen) atoms. The van der Waals surface area contributed by atoms with E-state index in [1.54, 1.807) is 0 Å². The number of carboxylic acid groups (broad SMARTS) is 1. The molecule has 110 valence electrons. The van der Waals surface area contributed by atoms with E-state index in [0.717, 1.165) is 11.5 Å². The predicted octanol–water partition coefficient (Wildman–Crippen LogP) is -2.22. The first kappa shape index (κ1) is 14.7. The van der Waals surface area contributed by atoms with Crippen LogP contribution in [0.25, 0.3) is 0 Å². The van der Waals surface area contributed by atoms with Crippen molar-refractivity contribution >= 4 is 23.7 Å². The highest BCUT2D eigenvalue weighted by atomic mass is 32.1. The van der Waals surface area contributed by atoms with Crippen molar-refractivity contribution in [2.45, 2.75) is 30.7 Å². The molecule has 0 aliphatic carbocycles. The number of carbonyl (C=O) groups is 1. The van der Waals surface area contributed by atoms with Gasteiger partial charge in [0.1, 0.15) is 18.3 Å². The third-order valence-corrected chi connectivity index (χ3v) is 3.13. The van der Waals surface area contributed by atoms with Gasteiger partial charge < -0.3 is 30.0 Å². The van der Waals surface area contributed by atoms with Gasteiger partial charge >= 0.3 is 5.97 Å². The van der Waals surface area contributed by atoms with Gasteiger partial charge in [0.2, 0.25) is 0 Å². The number of hydrogen-bond acceptors (Lipinski definition) is 10. The molecule has 0 radical (unpaired) electrons. The Labute approximate surface area is 116 Å². The lowest BCUT2D eigenvalue weighted by Gasteiger charge is -2.36. The summed E-state index contributed by atoms with van der Waals surface area (Å²) in [6.45, 7) is 0. The Bertz CT molecular complexity index is 482. The van der Waals surface area contributed by atoms with Gasteiger partial charge in [-0.1, -0.05) is 9.64 Å². The van der Waals surface area contributed by atoms with E-state index in [4.69, 9.17) is 14.7 Å². The number of aliphatic hydroxyl groups is 3. The Morgan fingerprint density at radius 1 is 1.40 bits per heavy atom. The molecule has 1 aromatic rings. The Morgan fingerprint density at radius 2 is 2.15 bits per heavy atom. The maximum absolute atomic E-state index is 10.8. The number of carboxylic acids is 1. The minimum Gasteiger partial charge on any atom is -0.479 e. The number of nitrogens with zero attached hydrogens (tertiary/aromatic N) is 3. The molecule has 2 rings (SSSR count). The van der Waals surface area contributed by atoms with Gasteiger partial charge in [-0.05, 0) is 11.5 Å². The van der Waals surface area contributed by atoms with Gasteiger partial charge in [0.05, 0.1) is 17.3 Å². The fourth-order valence-electron chi connectivity index (χ4n) is 1.51. The summed E-state index contributed by atoms with van der Waals surface area (Å²) in [5.41, 5.74) is 0. The van der Waals surface area contributed by atoms with Crippen LogP contribution in [0.3, 0.4) is 0 Å². The second-order valence-electron chi connectivity index (χ2n) is 3.89. The number of hydrogen-bond donors (Lipinski definition) is 4. The second kappa shape index (κ2) is 6.19. The number of aliphatic hydroxyl groups excluding tert-OH is 3. The van der Waals surface area contributed by atoms with Gasteiger partial charge in [-0.15, -0.1) is 5.10 Å². The Morgan fingerprint density at radius 3 is 2.75 bits per heavy atom. The van der Waals surface area contributed by atoms with Crippen LogP contribution in [0.1, 0.15) is 4.88 Å². The van der Waals surface area contributed by atoms with Crippen molar-refractivity contribution in [3.8, 4) is 0 Å². The van der Waals surface area contributed by atoms with Crippen LogP contribution < -0.4 is 0 Å². The smallest absolute Gasteiger partial charge is 0.335 e. The van der Waals surface area contributed by atoms with E-state index in [0.29, 0.717) is 4.88 Å². The molecule has 1 aliphatic rings. The zero-order valence-corrected chi connectivity index (χ0v) is 10.6. The number of ether oxygens (including phenoxy) is 1. The van der Waals surface area contributed by atoms with Crippen molar-refractivity contribution in [3.05, 3.63) is 11.1 Å². The minimum atomic E-state index is -1.77. The molecule has 0 amide bonds. The fourth-order valence-corrected chi connectivity index (χ4v) is 1.89. The van der Waals surface area contributed by atoms with Gasteiger partial charge in [0.15, 0.2) is 6.10 Å². The third kappa shape index (κ3) is 3.08. The van der Waals surface area contributed by atoms with Crippen LogP contribution in [0.15, 0.2) is 11.4 Å². The molecular weight excluding hydrogens is 294 g/mol. The normalized spacial score (nSPS) is 34.2. The largest absolute Gasteiger partial charge is 0.479 e. The topological polar surface area (TPSA) is 155 Å². The van der Waals surface area contributed by atoms with Crippen molar-refractivity contribution in [1.29, 1.82) is 0 Å². The summed E-state index contributed by atoms with van der Waals surface area (Å²) < 4.78 is 8.41. The van der Waals surface area contributed by atoms with E-state index in [9.17, 15) is 20.1 Å². The van der Waals surface area contributed by atoms with Crippen LogP contribution in [0.4, 0.5) is 0 Å². The van der Waals surface area contributed by atoms with E-state index in [1.165, 1.54) is 12.4 Å². The lowest BCUT2D eigenvalue weighted by atomic mass is 9.99. The molecule has 1 aromatic heterocycles. The molecular formula is C9H11N3O7S. The number of aromatic nitrogens is 2. The van der Waals surface area contributed by atoms with Crippen LogP contribution in [-0.4, -0.2) is 72.9 Å². The summed E-state index contributed by atoms with van der Waals surface area (Å²) in [6, 6.07) is 0. The van der Waals surface area contributed by atoms with Crippen LogP contribution in [0.2, 0.25) is 0 Å². The first-order valence-corrected chi connectivity index (χ1v) is 6.17. The van der Waals surface area contributed by atoms with Crippen molar-refractivity contribution in [1.82, 2.24) is 9.59 Å². The molecule has 1 unspecified atom stereocenters. The molecule has 10 nitrogen and oxygen atoms in total. The SMILES string of the molecule is O=C(O)[C@H]1OC(O/N=C/c2cnns2)[C@H](O)[C@@H](O)[C@@H]1O. The molecule has 4 N–H and O–H groups in total. The van der Waals surface area contributed by atoms with E-state index >= 15 is 0 Å². The van der Waals surface area contributed by atoms with Crippen LogP contribution in [0.5, 0.6) is 0 Å². The summed E-state index contributed by atoms with van der Waals surface area (Å²) >= 11 is 1.04. The fraction of sp³-hybridized carbons (Fsp3) is 0.556. The highest BCUT2D eigenvalue weighted by molar-refractivity contribution is 7.07. The zero-order chi connectivity index (χ0) is 14.7. The maximum Gasteiger partial charge on any atom is 0.335 e. The molecule has 0 saturated carbocycles. The van der Waals surface area contributed by atoms with Gasteiger partial charge in [-0.25, -0.2) is 4.79 Å². The van der Waals surface area contributed by atoms with Crippen molar-refractivity contribution in [3.63, 3.8) is 0 Å². The Balaban J connectivity index is 2.01. The van der Waals surface area contributed by atoms with Crippen LogP contribution in [0, 0.1) is 0 Å². The minimum absolute atomic E-state index is 0.561. The van der Waals surface area contributed by atoms with Crippen molar-refractivity contribution < 1.29 is 34.8 Å². The molecule has 0 spiro atoms. The molecule has 11 heteroatoms. The molecule has 2 heterocycles. The molecule has 0 bridgehead atoms. The standard InChI is InChI=1S/C9H11N3O7S/c13-4-5(14)7(8(16)17)18-9(6(4)15)19-11-2-3-1-10-12-20-3/h1-2,4-7,9,13-15H,(H,16,17)/b11-2+/t4-,5-,6+,7-,9?/m0/s1. The quantitative estimate of drug-likeness (QED) is 0.357. The van der Waals surface area contributed by atoms with Gasteiger partial charge in [-0.3, -0.25) is 0 Å². The van der Waals surface area contributed by atoms with E-state index < -0.39 is 36.7 Å². The zero-order valence-electron chi connectivity index (χ0n) is 9.80. The van der Waals surface area contributed by atoms with E-state index in [1.807, 2.05) is 0 Å². The maximum atomic E-state index is 10.8. The van der Waals surface area contributed by atoms with Crippen molar-refractivity contribution in [2.75, 3.05) is 0 Å². The molecule has 1 aliphatic heterocycles. The summed E-state index contributed by atoms with van der Waals surface area (Å²) in [5, 5.41) is 44.4. The van der Waals surface area contributed by atoms with Gasteiger partial charge in [-0.2, -0.15) is 0 Å². The van der Waals surface area contributed by atoms with E-state index in [2.05, 4.69) is 14.7 Å². The Hall–Kier alpha value is -1.66. The van der Waals surface area contributed by atoms with E-state index in [-0.39, 0.29) is 0 Å². The predicted molar refractivity (Wildman–Crippen MR) is 62.9 cm³/mol. The van der Waals surface area contributed by atoms with Crippen LogP contribution in [-0.2, 0) is 14.4 Å².